The number of rotatable bonds is 9. The average Bonchev–Trinajstić information content (AvgIpc) is 3.11. The fraction of sp³-hybridized carbons (Fsp3) is 0.619. The topological polar surface area (TPSA) is 83.8 Å². The SMILES string of the molecule is COC(=O)N[C@@H](C)CO[C@H]1CC[C@H](Oc2nc3c(F)cc(OCC(F)F)c(F)c3n2C)CC1. The molecule has 3 rings (SSSR count). The molecule has 0 spiro atoms. The molecule has 0 aliphatic heterocycles. The number of fused-ring (bicyclic) bond motifs is 1. The van der Waals surface area contributed by atoms with Crippen LogP contribution in [0.4, 0.5) is 22.4 Å². The van der Waals surface area contributed by atoms with Crippen LogP contribution in [0.1, 0.15) is 32.6 Å². The van der Waals surface area contributed by atoms with E-state index in [2.05, 4.69) is 19.8 Å². The molecule has 1 aromatic carbocycles. The zero-order valence-corrected chi connectivity index (χ0v) is 18.6. The van der Waals surface area contributed by atoms with Crippen molar-refractivity contribution in [2.45, 2.75) is 57.3 Å². The second kappa shape index (κ2) is 10.9. The number of benzene rings is 1. The summed E-state index contributed by atoms with van der Waals surface area (Å²) < 4.78 is 76.1. The quantitative estimate of drug-likeness (QED) is 0.551. The highest BCUT2D eigenvalue weighted by Gasteiger charge is 2.27. The molecule has 0 bridgehead atoms. The third-order valence-corrected chi connectivity index (χ3v) is 5.35. The first-order valence-corrected chi connectivity index (χ1v) is 10.6. The van der Waals surface area contributed by atoms with Crippen LogP contribution in [0, 0.1) is 11.6 Å². The highest BCUT2D eigenvalue weighted by Crippen LogP contribution is 2.33. The lowest BCUT2D eigenvalue weighted by Crippen LogP contribution is -2.38. The number of nitrogens with one attached hydrogen (secondary N) is 1. The number of alkyl halides is 2. The van der Waals surface area contributed by atoms with E-state index in [4.69, 9.17) is 9.47 Å². The number of hydrogen-bond donors (Lipinski definition) is 1. The molecule has 0 radical (unpaired) electrons. The van der Waals surface area contributed by atoms with Gasteiger partial charge >= 0.3 is 6.09 Å². The van der Waals surface area contributed by atoms with Crippen molar-refractivity contribution in [3.05, 3.63) is 17.7 Å². The van der Waals surface area contributed by atoms with Crippen LogP contribution in [0.2, 0.25) is 0 Å². The molecule has 1 aromatic heterocycles. The molecular formula is C21H27F4N3O5. The maximum Gasteiger partial charge on any atom is 0.407 e. The normalized spacial score (nSPS) is 19.5. The van der Waals surface area contributed by atoms with Crippen molar-refractivity contribution in [2.24, 2.45) is 7.05 Å². The van der Waals surface area contributed by atoms with Crippen LogP contribution >= 0.6 is 0 Å². The van der Waals surface area contributed by atoms with E-state index < -0.39 is 36.5 Å². The summed E-state index contributed by atoms with van der Waals surface area (Å²) in [7, 11) is 2.74. The summed E-state index contributed by atoms with van der Waals surface area (Å²) in [5, 5.41) is 2.63. The van der Waals surface area contributed by atoms with E-state index in [9.17, 15) is 22.4 Å². The summed E-state index contributed by atoms with van der Waals surface area (Å²) in [6.07, 6.45) is -0.891. The van der Waals surface area contributed by atoms with E-state index in [1.165, 1.54) is 18.7 Å². The molecule has 1 aliphatic rings. The van der Waals surface area contributed by atoms with Crippen molar-refractivity contribution in [1.82, 2.24) is 14.9 Å². The van der Waals surface area contributed by atoms with Crippen molar-refractivity contribution in [2.75, 3.05) is 20.3 Å². The summed E-state index contributed by atoms with van der Waals surface area (Å²) in [5.74, 6) is -2.49. The van der Waals surface area contributed by atoms with E-state index in [0.29, 0.717) is 38.4 Å². The van der Waals surface area contributed by atoms with E-state index in [-0.39, 0.29) is 35.3 Å². The molecule has 1 N–H and O–H groups in total. The zero-order chi connectivity index (χ0) is 24.1. The Morgan fingerprint density at radius 3 is 2.52 bits per heavy atom. The van der Waals surface area contributed by atoms with Gasteiger partial charge in [-0.1, -0.05) is 0 Å². The highest BCUT2D eigenvalue weighted by atomic mass is 19.3. The number of aryl methyl sites for hydroxylation is 1. The van der Waals surface area contributed by atoms with Crippen molar-refractivity contribution < 1.29 is 41.3 Å². The first-order chi connectivity index (χ1) is 15.7. The third-order valence-electron chi connectivity index (χ3n) is 5.35. The molecule has 8 nitrogen and oxygen atoms in total. The van der Waals surface area contributed by atoms with Gasteiger partial charge in [0.05, 0.1) is 25.9 Å². The van der Waals surface area contributed by atoms with Crippen LogP contribution < -0.4 is 14.8 Å². The Bertz CT molecular complexity index is 963. The minimum atomic E-state index is -2.82. The number of alkyl carbamates (subject to hydrolysis) is 1. The number of methoxy groups -OCH3 is 1. The Morgan fingerprint density at radius 1 is 1.21 bits per heavy atom. The molecule has 2 aromatic rings. The van der Waals surface area contributed by atoms with Gasteiger partial charge in [0.25, 0.3) is 12.4 Å². The number of carbonyl (C=O) groups is 1. The van der Waals surface area contributed by atoms with E-state index in [0.717, 1.165) is 0 Å². The standard InChI is InChI=1S/C21H27F4N3O5/c1-11(26-21(29)30-3)9-31-12-4-6-13(7-5-12)33-20-27-18-14(22)8-15(32-10-16(23)24)17(25)19(18)28(20)2/h8,11-13,16H,4-7,9-10H2,1-3H3,(H,26,29)/t11-,12-,13-/m0/s1. The predicted octanol–water partition coefficient (Wildman–Crippen LogP) is 3.95. The Labute approximate surface area is 188 Å². The van der Waals surface area contributed by atoms with Gasteiger partial charge in [0, 0.05) is 13.1 Å². The first-order valence-electron chi connectivity index (χ1n) is 10.6. The Hall–Kier alpha value is -2.76. The van der Waals surface area contributed by atoms with Crippen molar-refractivity contribution in [1.29, 1.82) is 0 Å². The van der Waals surface area contributed by atoms with Gasteiger partial charge in [-0.2, -0.15) is 4.98 Å². The number of ether oxygens (including phenoxy) is 4. The molecular weight excluding hydrogens is 450 g/mol. The second-order valence-corrected chi connectivity index (χ2v) is 7.91. The molecule has 1 aliphatic carbocycles. The lowest BCUT2D eigenvalue weighted by Gasteiger charge is -2.29. The lowest BCUT2D eigenvalue weighted by molar-refractivity contribution is -0.00641. The highest BCUT2D eigenvalue weighted by molar-refractivity contribution is 5.80. The molecule has 12 heteroatoms. The summed E-state index contributed by atoms with van der Waals surface area (Å²) in [4.78, 5) is 15.3. The van der Waals surface area contributed by atoms with Gasteiger partial charge in [-0.3, -0.25) is 4.57 Å². The Balaban J connectivity index is 1.59. The lowest BCUT2D eigenvalue weighted by atomic mass is 9.95. The fourth-order valence-corrected chi connectivity index (χ4v) is 3.67. The number of carbonyl (C=O) groups excluding carboxylic acids is 1. The molecule has 1 amide bonds. The molecule has 1 heterocycles. The van der Waals surface area contributed by atoms with E-state index in [1.807, 2.05) is 0 Å². The number of hydrogen-bond acceptors (Lipinski definition) is 6. The maximum absolute atomic E-state index is 14.8. The maximum atomic E-state index is 14.8. The van der Waals surface area contributed by atoms with Crippen LogP contribution in [-0.2, 0) is 16.5 Å². The number of nitrogens with zero attached hydrogens (tertiary/aromatic N) is 2. The van der Waals surface area contributed by atoms with E-state index >= 15 is 0 Å². The van der Waals surface area contributed by atoms with Crippen molar-refractivity contribution in [3.63, 3.8) is 0 Å². The molecule has 1 atom stereocenters. The van der Waals surface area contributed by atoms with Crippen molar-refractivity contribution >= 4 is 17.1 Å². The largest absolute Gasteiger partial charge is 0.484 e. The van der Waals surface area contributed by atoms with Gasteiger partial charge in [0.15, 0.2) is 17.4 Å². The zero-order valence-electron chi connectivity index (χ0n) is 18.6. The summed E-state index contributed by atoms with van der Waals surface area (Å²) in [5.41, 5.74) is -0.489. The second-order valence-electron chi connectivity index (χ2n) is 7.91. The van der Waals surface area contributed by atoms with Crippen LogP contribution in [0.25, 0.3) is 11.0 Å². The Morgan fingerprint density at radius 2 is 1.88 bits per heavy atom. The number of aromatic nitrogens is 2. The number of amides is 1. The number of imidazole rings is 1. The molecule has 33 heavy (non-hydrogen) atoms. The Kier molecular flexibility index (Phi) is 8.22. The van der Waals surface area contributed by atoms with Gasteiger partial charge in [0.1, 0.15) is 23.7 Å². The minimum Gasteiger partial charge on any atom is -0.484 e. The average molecular weight is 477 g/mol. The first kappa shape index (κ1) is 24.9. The molecule has 0 unspecified atom stereocenters. The fourth-order valence-electron chi connectivity index (χ4n) is 3.67. The third kappa shape index (κ3) is 6.18. The molecule has 0 saturated heterocycles. The van der Waals surface area contributed by atoms with Crippen LogP contribution in [0.3, 0.4) is 0 Å². The van der Waals surface area contributed by atoms with Crippen LogP contribution in [0.5, 0.6) is 11.8 Å². The molecule has 1 saturated carbocycles. The van der Waals surface area contributed by atoms with E-state index in [1.54, 1.807) is 6.92 Å². The van der Waals surface area contributed by atoms with Crippen LogP contribution in [0.15, 0.2) is 6.07 Å². The summed E-state index contributed by atoms with van der Waals surface area (Å²) in [6, 6.07) is 0.523. The monoisotopic (exact) mass is 477 g/mol. The number of halogens is 4. The van der Waals surface area contributed by atoms with Crippen LogP contribution in [-0.4, -0.2) is 60.6 Å². The van der Waals surface area contributed by atoms with Gasteiger partial charge in [-0.15, -0.1) is 0 Å². The molecule has 184 valence electrons. The predicted molar refractivity (Wildman–Crippen MR) is 110 cm³/mol. The summed E-state index contributed by atoms with van der Waals surface area (Å²) >= 11 is 0. The van der Waals surface area contributed by atoms with Gasteiger partial charge < -0.3 is 24.3 Å². The minimum absolute atomic E-state index is 0.00313. The van der Waals surface area contributed by atoms with Gasteiger partial charge in [0.2, 0.25) is 0 Å². The summed E-state index contributed by atoms with van der Waals surface area (Å²) in [6.45, 7) is 1.09. The smallest absolute Gasteiger partial charge is 0.407 e. The van der Waals surface area contributed by atoms with Gasteiger partial charge in [-0.25, -0.2) is 22.4 Å². The van der Waals surface area contributed by atoms with Gasteiger partial charge in [-0.05, 0) is 32.6 Å². The molecule has 1 fully saturated rings. The van der Waals surface area contributed by atoms with Crippen molar-refractivity contribution in [3.8, 4) is 11.8 Å².